The fourth-order valence-electron chi connectivity index (χ4n) is 0.781. The number of rotatable bonds is 9. The van der Waals surface area contributed by atoms with Crippen LogP contribution in [0.4, 0.5) is 0 Å². The van der Waals surface area contributed by atoms with Crippen LogP contribution in [0.15, 0.2) is 0 Å². The molecule has 2 nitrogen and oxygen atoms in total. The summed E-state index contributed by atoms with van der Waals surface area (Å²) < 4.78 is 11.5. The molecule has 98 valence electrons. The fraction of sp³-hybridized carbons (Fsp3) is 1.00. The van der Waals surface area contributed by atoms with Crippen LogP contribution in [0, 0.1) is 0 Å². The summed E-state index contributed by atoms with van der Waals surface area (Å²) in [7, 11) is 0. The molecule has 0 N–H and O–H groups in total. The lowest BCUT2D eigenvalue weighted by molar-refractivity contribution is 0.280. The minimum atomic E-state index is -2.09. The molecule has 0 aliphatic carbocycles. The van der Waals surface area contributed by atoms with E-state index in [9.17, 15) is 0 Å². The lowest BCUT2D eigenvalue weighted by Gasteiger charge is -2.24. The summed E-state index contributed by atoms with van der Waals surface area (Å²) in [6.45, 7) is 11.9. The monoisotopic (exact) mass is 302 g/mol. The second kappa shape index (κ2) is 8.39. The van der Waals surface area contributed by atoms with E-state index >= 15 is 0 Å². The first kappa shape index (κ1) is 17.3. The van der Waals surface area contributed by atoms with Gasteiger partial charge in [0.15, 0.2) is 0 Å². The summed E-state index contributed by atoms with van der Waals surface area (Å²) in [4.78, 5) is 0. The van der Waals surface area contributed by atoms with Crippen LogP contribution in [0.25, 0.3) is 0 Å². The molecule has 0 unspecified atom stereocenters. The summed E-state index contributed by atoms with van der Waals surface area (Å²) in [5.74, 6) is 0. The third-order valence-corrected chi connectivity index (χ3v) is 9.63. The van der Waals surface area contributed by atoms with Crippen molar-refractivity contribution in [2.45, 2.75) is 45.8 Å². The van der Waals surface area contributed by atoms with Gasteiger partial charge in [-0.2, -0.15) is 0 Å². The summed E-state index contributed by atoms with van der Waals surface area (Å²) in [6, 6.07) is 0. The average molecular weight is 302 g/mol. The maximum Gasteiger partial charge on any atom is 0.248 e. The smallest absolute Gasteiger partial charge is 0.248 e. The van der Waals surface area contributed by atoms with E-state index in [-0.39, 0.29) is 0 Å². The zero-order valence-corrected chi connectivity index (χ0v) is 14.2. The largest absolute Gasteiger partial charge is 0.322 e. The standard InChI is InChI=1S/C10H23O2PS3/c1-6-10(4,5)15-9-16-13(14,11-7-2)12-8-3/h6-9H2,1-5H3. The molecular weight excluding hydrogens is 279 g/mol. The van der Waals surface area contributed by atoms with Crippen molar-refractivity contribution in [1.29, 1.82) is 0 Å². The van der Waals surface area contributed by atoms with Gasteiger partial charge in [-0.25, -0.2) is 0 Å². The van der Waals surface area contributed by atoms with E-state index in [1.54, 1.807) is 11.4 Å². The van der Waals surface area contributed by atoms with Crippen LogP contribution in [-0.2, 0) is 20.9 Å². The van der Waals surface area contributed by atoms with Crippen molar-refractivity contribution in [2.75, 3.05) is 18.3 Å². The summed E-state index contributed by atoms with van der Waals surface area (Å²) in [6.07, 6.45) is 1.16. The molecule has 0 saturated carbocycles. The Hall–Kier alpha value is 1.27. The van der Waals surface area contributed by atoms with Gasteiger partial charge in [0.05, 0.1) is 13.2 Å². The molecule has 0 aromatic carbocycles. The number of hydrogen-bond acceptors (Lipinski definition) is 5. The van der Waals surface area contributed by atoms with E-state index in [1.165, 1.54) is 0 Å². The minimum Gasteiger partial charge on any atom is -0.322 e. The summed E-state index contributed by atoms with van der Waals surface area (Å²) >= 11 is 9.02. The molecular formula is C10H23O2PS3. The van der Waals surface area contributed by atoms with Crippen LogP contribution in [0.3, 0.4) is 0 Å². The Bertz CT molecular complexity index is 224. The molecule has 0 bridgehead atoms. The van der Waals surface area contributed by atoms with Gasteiger partial charge in [0.1, 0.15) is 0 Å². The Morgan fingerprint density at radius 2 is 1.62 bits per heavy atom. The van der Waals surface area contributed by atoms with Crippen LogP contribution >= 0.6 is 28.8 Å². The third-order valence-electron chi connectivity index (χ3n) is 2.09. The maximum atomic E-state index is 5.57. The molecule has 0 heterocycles. The predicted octanol–water partition coefficient (Wildman–Crippen LogP) is 4.90. The van der Waals surface area contributed by atoms with Crippen LogP contribution in [0.5, 0.6) is 0 Å². The van der Waals surface area contributed by atoms with Gasteiger partial charge in [-0.3, -0.25) is 0 Å². The minimum absolute atomic E-state index is 0.311. The number of hydrogen-bond donors (Lipinski definition) is 0. The van der Waals surface area contributed by atoms with Crippen molar-refractivity contribution in [3.8, 4) is 0 Å². The highest BCUT2D eigenvalue weighted by Gasteiger charge is 2.22. The lowest BCUT2D eigenvalue weighted by atomic mass is 10.1. The molecule has 0 fully saturated rings. The Morgan fingerprint density at radius 3 is 2.00 bits per heavy atom. The molecule has 0 amide bonds. The van der Waals surface area contributed by atoms with Crippen molar-refractivity contribution in [2.24, 2.45) is 0 Å². The van der Waals surface area contributed by atoms with Gasteiger partial charge in [0.2, 0.25) is 5.69 Å². The third kappa shape index (κ3) is 7.57. The van der Waals surface area contributed by atoms with Gasteiger partial charge in [0, 0.05) is 9.83 Å². The predicted molar refractivity (Wildman–Crippen MR) is 82.0 cm³/mol. The molecule has 6 heteroatoms. The second-order valence-electron chi connectivity index (χ2n) is 3.79. The van der Waals surface area contributed by atoms with E-state index in [0.29, 0.717) is 18.0 Å². The van der Waals surface area contributed by atoms with Crippen LogP contribution in [0.2, 0.25) is 0 Å². The van der Waals surface area contributed by atoms with E-state index < -0.39 is 5.69 Å². The SMILES string of the molecule is CCOP(=S)(OCC)SCSC(C)(C)CC. The molecule has 16 heavy (non-hydrogen) atoms. The highest BCUT2D eigenvalue weighted by molar-refractivity contribution is 8.69. The van der Waals surface area contributed by atoms with Crippen molar-refractivity contribution < 1.29 is 9.05 Å². The highest BCUT2D eigenvalue weighted by atomic mass is 32.9. The molecule has 0 aromatic rings. The summed E-state index contributed by atoms with van der Waals surface area (Å²) in [5.41, 5.74) is -2.09. The van der Waals surface area contributed by atoms with Gasteiger partial charge in [-0.1, -0.05) is 32.2 Å². The molecule has 0 aliphatic heterocycles. The first-order valence-electron chi connectivity index (χ1n) is 5.56. The first-order chi connectivity index (χ1) is 7.39. The van der Waals surface area contributed by atoms with Crippen molar-refractivity contribution in [3.63, 3.8) is 0 Å². The first-order valence-corrected chi connectivity index (χ1v) is 10.8. The Morgan fingerprint density at radius 1 is 1.12 bits per heavy atom. The number of thioether (sulfide) groups is 1. The Labute approximate surface area is 114 Å². The van der Waals surface area contributed by atoms with Gasteiger partial charge in [-0.15, -0.1) is 11.8 Å². The van der Waals surface area contributed by atoms with Gasteiger partial charge in [-0.05, 0) is 32.1 Å². The van der Waals surface area contributed by atoms with E-state index in [4.69, 9.17) is 20.9 Å². The zero-order chi connectivity index (χ0) is 12.7. The van der Waals surface area contributed by atoms with E-state index in [1.807, 2.05) is 25.6 Å². The fourth-order valence-corrected chi connectivity index (χ4v) is 8.35. The molecule has 0 atom stereocenters. The highest BCUT2D eigenvalue weighted by Crippen LogP contribution is 2.62. The topological polar surface area (TPSA) is 18.5 Å². The zero-order valence-electron chi connectivity index (χ0n) is 10.8. The molecule has 0 saturated heterocycles. The molecule has 0 radical (unpaired) electrons. The summed E-state index contributed by atoms with van der Waals surface area (Å²) in [5, 5.41) is 0.943. The molecule has 0 aromatic heterocycles. The average Bonchev–Trinajstić information content (AvgIpc) is 2.18. The van der Waals surface area contributed by atoms with Gasteiger partial charge < -0.3 is 9.05 Å². The van der Waals surface area contributed by atoms with Crippen LogP contribution < -0.4 is 0 Å². The van der Waals surface area contributed by atoms with Crippen molar-refractivity contribution in [3.05, 3.63) is 0 Å². The van der Waals surface area contributed by atoms with Crippen molar-refractivity contribution in [1.82, 2.24) is 0 Å². The normalized spacial score (nSPS) is 13.1. The molecule has 0 aliphatic rings. The van der Waals surface area contributed by atoms with Gasteiger partial charge in [0.25, 0.3) is 0 Å². The van der Waals surface area contributed by atoms with Crippen LogP contribution in [0.1, 0.15) is 41.0 Å². The maximum absolute atomic E-state index is 5.57. The van der Waals surface area contributed by atoms with Gasteiger partial charge >= 0.3 is 0 Å². The van der Waals surface area contributed by atoms with Crippen molar-refractivity contribution >= 4 is 40.6 Å². The quantitative estimate of drug-likeness (QED) is 0.444. The van der Waals surface area contributed by atoms with Crippen LogP contribution in [-0.4, -0.2) is 23.0 Å². The Kier molecular flexibility index (Phi) is 9.05. The molecule has 0 spiro atoms. The second-order valence-corrected chi connectivity index (χ2v) is 12.1. The molecule has 0 rings (SSSR count). The van der Waals surface area contributed by atoms with E-state index in [2.05, 4.69) is 20.8 Å². The Balaban J connectivity index is 4.08. The van der Waals surface area contributed by atoms with E-state index in [0.717, 1.165) is 11.5 Å². The lowest BCUT2D eigenvalue weighted by Crippen LogP contribution is -2.12.